The maximum Gasteiger partial charge on any atom is 0.310 e. The summed E-state index contributed by atoms with van der Waals surface area (Å²) in [6.45, 7) is 7.31. The van der Waals surface area contributed by atoms with Crippen molar-refractivity contribution in [3.63, 3.8) is 0 Å². The number of amides is 2. The van der Waals surface area contributed by atoms with Crippen LogP contribution < -0.4 is 4.90 Å². The first-order valence-electron chi connectivity index (χ1n) is 9.27. The Bertz CT molecular complexity index is 731. The molecule has 2 atom stereocenters. The zero-order valence-electron chi connectivity index (χ0n) is 15.7. The largest absolute Gasteiger partial charge is 0.466 e. The number of anilines is 1. The van der Waals surface area contributed by atoms with Crippen molar-refractivity contribution in [1.29, 1.82) is 0 Å². The zero-order chi connectivity index (χ0) is 18.8. The Morgan fingerprint density at radius 3 is 2.69 bits per heavy atom. The van der Waals surface area contributed by atoms with Gasteiger partial charge >= 0.3 is 5.97 Å². The van der Waals surface area contributed by atoms with E-state index in [1.165, 1.54) is 4.90 Å². The summed E-state index contributed by atoms with van der Waals surface area (Å²) >= 11 is 0. The molecule has 6 nitrogen and oxygen atoms in total. The van der Waals surface area contributed by atoms with Crippen molar-refractivity contribution in [2.75, 3.05) is 24.6 Å². The molecule has 2 heterocycles. The number of piperidine rings is 1. The highest BCUT2D eigenvalue weighted by atomic mass is 16.5. The van der Waals surface area contributed by atoms with Gasteiger partial charge in [0.2, 0.25) is 5.91 Å². The van der Waals surface area contributed by atoms with E-state index in [9.17, 15) is 14.4 Å². The van der Waals surface area contributed by atoms with E-state index in [2.05, 4.69) is 0 Å². The maximum atomic E-state index is 13.0. The number of aryl methyl sites for hydroxylation is 2. The first-order valence-corrected chi connectivity index (χ1v) is 9.27. The molecule has 1 aromatic carbocycles. The summed E-state index contributed by atoms with van der Waals surface area (Å²) in [4.78, 5) is 40.8. The molecule has 0 saturated carbocycles. The van der Waals surface area contributed by atoms with E-state index in [-0.39, 0.29) is 30.1 Å². The van der Waals surface area contributed by atoms with Crippen LogP contribution in [0.1, 0.15) is 37.3 Å². The second kappa shape index (κ2) is 7.58. The molecule has 0 aliphatic carbocycles. The quantitative estimate of drug-likeness (QED) is 0.610. The lowest BCUT2D eigenvalue weighted by molar-refractivity contribution is -0.150. The summed E-state index contributed by atoms with van der Waals surface area (Å²) in [7, 11) is 0. The van der Waals surface area contributed by atoms with Gasteiger partial charge in [0, 0.05) is 6.54 Å². The van der Waals surface area contributed by atoms with E-state index < -0.39 is 6.04 Å². The topological polar surface area (TPSA) is 66.9 Å². The Kier molecular flexibility index (Phi) is 5.41. The van der Waals surface area contributed by atoms with Gasteiger partial charge in [-0.15, -0.1) is 0 Å². The van der Waals surface area contributed by atoms with E-state index in [4.69, 9.17) is 4.74 Å². The molecule has 0 radical (unpaired) electrons. The average Bonchev–Trinajstić information content (AvgIpc) is 2.92. The Balaban J connectivity index is 1.75. The van der Waals surface area contributed by atoms with Gasteiger partial charge in [0.1, 0.15) is 0 Å². The monoisotopic (exact) mass is 358 g/mol. The highest BCUT2D eigenvalue weighted by Crippen LogP contribution is 2.30. The van der Waals surface area contributed by atoms with Crippen molar-refractivity contribution in [3.8, 4) is 0 Å². The van der Waals surface area contributed by atoms with Crippen LogP contribution in [0, 0.1) is 19.8 Å². The molecule has 0 aromatic heterocycles. The molecule has 2 saturated heterocycles. The Hall–Kier alpha value is -2.21. The van der Waals surface area contributed by atoms with Crippen LogP contribution in [0.15, 0.2) is 18.2 Å². The van der Waals surface area contributed by atoms with Crippen LogP contribution in [-0.2, 0) is 19.1 Å². The highest BCUT2D eigenvalue weighted by molar-refractivity contribution is 6.22. The lowest BCUT2D eigenvalue weighted by Gasteiger charge is -2.34. The predicted octanol–water partition coefficient (Wildman–Crippen LogP) is 2.21. The average molecular weight is 358 g/mol. The van der Waals surface area contributed by atoms with Crippen LogP contribution in [0.3, 0.4) is 0 Å². The second-order valence-corrected chi connectivity index (χ2v) is 7.14. The van der Waals surface area contributed by atoms with Gasteiger partial charge in [-0.1, -0.05) is 6.07 Å². The normalized spacial score (nSPS) is 24.2. The predicted molar refractivity (Wildman–Crippen MR) is 97.7 cm³/mol. The summed E-state index contributed by atoms with van der Waals surface area (Å²) in [5, 5.41) is 0. The molecule has 2 aliphatic heterocycles. The van der Waals surface area contributed by atoms with Crippen molar-refractivity contribution < 1.29 is 19.1 Å². The van der Waals surface area contributed by atoms with Crippen molar-refractivity contribution in [2.24, 2.45) is 5.92 Å². The summed E-state index contributed by atoms with van der Waals surface area (Å²) in [6, 6.07) is 5.14. The summed E-state index contributed by atoms with van der Waals surface area (Å²) < 4.78 is 5.13. The minimum Gasteiger partial charge on any atom is -0.466 e. The molecule has 3 rings (SSSR count). The smallest absolute Gasteiger partial charge is 0.310 e. The zero-order valence-corrected chi connectivity index (χ0v) is 15.7. The van der Waals surface area contributed by atoms with Crippen LogP contribution >= 0.6 is 0 Å². The van der Waals surface area contributed by atoms with Crippen molar-refractivity contribution in [3.05, 3.63) is 29.3 Å². The fourth-order valence-electron chi connectivity index (χ4n) is 3.78. The van der Waals surface area contributed by atoms with Gasteiger partial charge in [-0.2, -0.15) is 0 Å². The molecule has 2 aliphatic rings. The molecule has 26 heavy (non-hydrogen) atoms. The Morgan fingerprint density at radius 1 is 1.23 bits per heavy atom. The van der Waals surface area contributed by atoms with E-state index in [1.807, 2.05) is 36.9 Å². The van der Waals surface area contributed by atoms with Gasteiger partial charge in [-0.3, -0.25) is 19.3 Å². The standard InChI is InChI=1S/C20H26N2O4/c1-4-26-20(25)15-6-5-9-21(12-15)17-11-18(23)22(19(17)24)16-8-7-13(2)14(3)10-16/h7-8,10,15,17H,4-6,9,11-12H2,1-3H3/t15-,17+/m0/s1. The lowest BCUT2D eigenvalue weighted by atomic mass is 9.96. The molecule has 0 unspecified atom stereocenters. The van der Waals surface area contributed by atoms with Crippen LogP contribution in [0.5, 0.6) is 0 Å². The molecular formula is C20H26N2O4. The molecule has 2 amide bonds. The number of carbonyl (C=O) groups excluding carboxylic acids is 3. The number of nitrogens with zero attached hydrogens (tertiary/aromatic N) is 2. The van der Waals surface area contributed by atoms with Crippen LogP contribution in [0.4, 0.5) is 5.69 Å². The van der Waals surface area contributed by atoms with Crippen LogP contribution in [0.2, 0.25) is 0 Å². The van der Waals surface area contributed by atoms with E-state index >= 15 is 0 Å². The van der Waals surface area contributed by atoms with E-state index in [0.29, 0.717) is 18.8 Å². The van der Waals surface area contributed by atoms with Crippen LogP contribution in [-0.4, -0.2) is 48.4 Å². The third kappa shape index (κ3) is 3.51. The number of rotatable bonds is 4. The maximum absolute atomic E-state index is 13.0. The number of imide groups is 1. The number of hydrogen-bond donors (Lipinski definition) is 0. The van der Waals surface area contributed by atoms with E-state index in [1.54, 1.807) is 6.92 Å². The third-order valence-electron chi connectivity index (χ3n) is 5.39. The summed E-state index contributed by atoms with van der Waals surface area (Å²) in [5.74, 6) is -0.800. The third-order valence-corrected chi connectivity index (χ3v) is 5.39. The number of likely N-dealkylation sites (tertiary alicyclic amines) is 1. The molecule has 2 fully saturated rings. The van der Waals surface area contributed by atoms with Crippen molar-refractivity contribution >= 4 is 23.5 Å². The molecule has 0 spiro atoms. The number of carbonyl (C=O) groups is 3. The summed E-state index contributed by atoms with van der Waals surface area (Å²) in [6.07, 6.45) is 1.76. The lowest BCUT2D eigenvalue weighted by Crippen LogP contribution is -2.48. The highest BCUT2D eigenvalue weighted by Gasteiger charge is 2.44. The van der Waals surface area contributed by atoms with Gasteiger partial charge < -0.3 is 4.74 Å². The number of esters is 1. The Labute approximate surface area is 154 Å². The van der Waals surface area contributed by atoms with Gasteiger partial charge in [-0.05, 0) is 63.4 Å². The molecule has 0 bridgehead atoms. The summed E-state index contributed by atoms with van der Waals surface area (Å²) in [5.41, 5.74) is 2.80. The minimum absolute atomic E-state index is 0.168. The van der Waals surface area contributed by atoms with Crippen LogP contribution in [0.25, 0.3) is 0 Å². The minimum atomic E-state index is -0.485. The van der Waals surface area contributed by atoms with Crippen molar-refractivity contribution in [1.82, 2.24) is 4.90 Å². The number of hydrogen-bond acceptors (Lipinski definition) is 5. The molecule has 1 aromatic rings. The molecule has 140 valence electrons. The number of benzene rings is 1. The van der Waals surface area contributed by atoms with Crippen molar-refractivity contribution in [2.45, 2.75) is 46.1 Å². The van der Waals surface area contributed by atoms with Gasteiger partial charge in [0.15, 0.2) is 0 Å². The fourth-order valence-corrected chi connectivity index (χ4v) is 3.78. The molecular weight excluding hydrogens is 332 g/mol. The SMILES string of the molecule is CCOC(=O)[C@H]1CCCN([C@@H]2CC(=O)N(c3ccc(C)c(C)c3)C2=O)C1. The first kappa shape index (κ1) is 18.6. The molecule has 6 heteroatoms. The van der Waals surface area contributed by atoms with E-state index in [0.717, 1.165) is 30.5 Å². The molecule has 0 N–H and O–H groups in total. The number of ether oxygens (including phenoxy) is 1. The van der Waals surface area contributed by atoms with Gasteiger partial charge in [0.25, 0.3) is 5.91 Å². The Morgan fingerprint density at radius 2 is 2.00 bits per heavy atom. The second-order valence-electron chi connectivity index (χ2n) is 7.14. The first-order chi connectivity index (χ1) is 12.4. The fraction of sp³-hybridized carbons (Fsp3) is 0.550. The van der Waals surface area contributed by atoms with Gasteiger partial charge in [-0.25, -0.2) is 4.90 Å². The van der Waals surface area contributed by atoms with Gasteiger partial charge in [0.05, 0.1) is 30.7 Å².